The molecule has 136 valence electrons. The van der Waals surface area contributed by atoms with Crippen molar-refractivity contribution >= 4 is 11.9 Å². The number of carbonyl (C=O) groups excluding carboxylic acids is 2. The molecule has 1 aromatic rings. The Kier molecular flexibility index (Phi) is 5.40. The van der Waals surface area contributed by atoms with E-state index < -0.39 is 6.03 Å². The van der Waals surface area contributed by atoms with Gasteiger partial charge in [0.05, 0.1) is 6.04 Å². The fraction of sp³-hybridized carbons (Fsp3) is 0.529. The quantitative estimate of drug-likeness (QED) is 0.818. The summed E-state index contributed by atoms with van der Waals surface area (Å²) >= 11 is 0. The molecule has 0 saturated carbocycles. The summed E-state index contributed by atoms with van der Waals surface area (Å²) in [6.45, 7) is 6.25. The van der Waals surface area contributed by atoms with E-state index in [2.05, 4.69) is 26.5 Å². The Balaban J connectivity index is 1.48. The van der Waals surface area contributed by atoms with Crippen molar-refractivity contribution in [2.75, 3.05) is 40.0 Å². The Labute approximate surface area is 147 Å². The van der Waals surface area contributed by atoms with Gasteiger partial charge in [-0.3, -0.25) is 19.9 Å². The molecule has 2 heterocycles. The van der Waals surface area contributed by atoms with Crippen molar-refractivity contribution in [3.05, 3.63) is 23.8 Å². The van der Waals surface area contributed by atoms with Crippen LogP contribution in [-0.2, 0) is 11.3 Å². The van der Waals surface area contributed by atoms with Crippen molar-refractivity contribution in [1.82, 2.24) is 20.4 Å². The van der Waals surface area contributed by atoms with Crippen LogP contribution in [0, 0.1) is 0 Å². The second kappa shape index (κ2) is 7.71. The molecule has 1 saturated heterocycles. The molecule has 2 aliphatic heterocycles. The molecule has 1 aromatic carbocycles. The summed E-state index contributed by atoms with van der Waals surface area (Å²) < 4.78 is 10.8. The Bertz CT molecular complexity index is 644. The summed E-state index contributed by atoms with van der Waals surface area (Å²) in [5, 5.41) is 4.72. The highest BCUT2D eigenvalue weighted by atomic mass is 16.7. The second-order valence-electron chi connectivity index (χ2n) is 6.24. The van der Waals surface area contributed by atoms with Crippen LogP contribution in [0.15, 0.2) is 18.2 Å². The highest BCUT2D eigenvalue weighted by Gasteiger charge is 2.26. The zero-order valence-corrected chi connectivity index (χ0v) is 14.6. The van der Waals surface area contributed by atoms with Crippen LogP contribution in [0.25, 0.3) is 0 Å². The lowest BCUT2D eigenvalue weighted by atomic mass is 10.1. The molecule has 1 atom stereocenters. The minimum atomic E-state index is -0.474. The number of urea groups is 1. The van der Waals surface area contributed by atoms with Gasteiger partial charge in [-0.2, -0.15) is 0 Å². The minimum absolute atomic E-state index is 0.274. The van der Waals surface area contributed by atoms with Gasteiger partial charge in [-0.1, -0.05) is 6.07 Å². The van der Waals surface area contributed by atoms with Crippen LogP contribution in [0.5, 0.6) is 11.5 Å². The number of hydrogen-bond donors (Lipinski definition) is 2. The van der Waals surface area contributed by atoms with Gasteiger partial charge >= 0.3 is 6.03 Å². The first-order valence-electron chi connectivity index (χ1n) is 8.44. The Morgan fingerprint density at radius 3 is 2.60 bits per heavy atom. The van der Waals surface area contributed by atoms with Crippen molar-refractivity contribution in [3.8, 4) is 11.5 Å². The molecule has 0 spiro atoms. The number of fused-ring (bicyclic) bond motifs is 1. The largest absolute Gasteiger partial charge is 0.454 e. The maximum Gasteiger partial charge on any atom is 0.321 e. The topological polar surface area (TPSA) is 83.1 Å². The molecule has 0 bridgehead atoms. The van der Waals surface area contributed by atoms with Crippen molar-refractivity contribution in [2.45, 2.75) is 19.5 Å². The first-order valence-corrected chi connectivity index (χ1v) is 8.44. The predicted molar refractivity (Wildman–Crippen MR) is 91.5 cm³/mol. The van der Waals surface area contributed by atoms with E-state index in [1.54, 1.807) is 0 Å². The van der Waals surface area contributed by atoms with Gasteiger partial charge in [-0.25, -0.2) is 4.79 Å². The maximum atomic E-state index is 12.0. The van der Waals surface area contributed by atoms with Gasteiger partial charge in [0.2, 0.25) is 12.7 Å². The van der Waals surface area contributed by atoms with Crippen molar-refractivity contribution in [2.24, 2.45) is 0 Å². The normalized spacial score (nSPS) is 18.6. The highest BCUT2D eigenvalue weighted by Crippen LogP contribution is 2.32. The summed E-state index contributed by atoms with van der Waals surface area (Å²) in [4.78, 5) is 27.7. The van der Waals surface area contributed by atoms with E-state index in [1.165, 1.54) is 12.6 Å². The van der Waals surface area contributed by atoms with Gasteiger partial charge in [-0.15, -0.1) is 0 Å². The molecule has 2 N–H and O–H groups in total. The van der Waals surface area contributed by atoms with Gasteiger partial charge in [0.1, 0.15) is 0 Å². The number of hydrogen-bond acceptors (Lipinski definition) is 6. The van der Waals surface area contributed by atoms with Gasteiger partial charge in [0, 0.05) is 39.8 Å². The summed E-state index contributed by atoms with van der Waals surface area (Å²) in [6, 6.07) is 5.22. The van der Waals surface area contributed by atoms with Crippen molar-refractivity contribution < 1.29 is 19.1 Å². The number of amides is 3. The molecule has 3 rings (SSSR count). The van der Waals surface area contributed by atoms with Gasteiger partial charge < -0.3 is 14.8 Å². The van der Waals surface area contributed by atoms with E-state index in [4.69, 9.17) is 9.47 Å². The van der Waals surface area contributed by atoms with E-state index in [-0.39, 0.29) is 18.7 Å². The maximum absolute atomic E-state index is 12.0. The molecule has 0 aromatic heterocycles. The highest BCUT2D eigenvalue weighted by molar-refractivity contribution is 5.96. The Morgan fingerprint density at radius 1 is 1.16 bits per heavy atom. The average Bonchev–Trinajstić information content (AvgIpc) is 3.09. The molecular weight excluding hydrogens is 324 g/mol. The lowest BCUT2D eigenvalue weighted by molar-refractivity contribution is -0.125. The van der Waals surface area contributed by atoms with E-state index in [1.807, 2.05) is 19.1 Å². The van der Waals surface area contributed by atoms with Crippen LogP contribution in [0.4, 0.5) is 4.79 Å². The molecule has 0 radical (unpaired) electrons. The fourth-order valence-electron chi connectivity index (χ4n) is 3.05. The van der Waals surface area contributed by atoms with E-state index in [0.717, 1.165) is 44.2 Å². The third-order valence-electron chi connectivity index (χ3n) is 4.64. The number of nitrogens with one attached hydrogen (secondary N) is 2. The summed E-state index contributed by atoms with van der Waals surface area (Å²) in [5.74, 6) is 1.32. The molecule has 0 unspecified atom stereocenters. The lowest BCUT2D eigenvalue weighted by Crippen LogP contribution is -2.55. The monoisotopic (exact) mass is 348 g/mol. The van der Waals surface area contributed by atoms with Crippen LogP contribution < -0.4 is 20.1 Å². The van der Waals surface area contributed by atoms with E-state index in [9.17, 15) is 9.59 Å². The minimum Gasteiger partial charge on any atom is -0.454 e. The van der Waals surface area contributed by atoms with E-state index >= 15 is 0 Å². The zero-order valence-electron chi connectivity index (χ0n) is 14.6. The number of ether oxygens (including phenoxy) is 2. The third-order valence-corrected chi connectivity index (χ3v) is 4.64. The smallest absolute Gasteiger partial charge is 0.321 e. The van der Waals surface area contributed by atoms with Gasteiger partial charge in [-0.05, 0) is 24.6 Å². The molecule has 1 fully saturated rings. The number of rotatable bonds is 4. The standard InChI is InChI=1S/C17H24N4O4/c1-12(16(22)19-17(23)18-2)21-7-5-20(6-8-21)10-13-3-4-14-15(9-13)25-11-24-14/h3-4,9,12H,5-8,10-11H2,1-2H3,(H2,18,19,22,23)/t12-/m1/s1. The molecule has 0 aliphatic carbocycles. The van der Waals surface area contributed by atoms with E-state index in [0.29, 0.717) is 0 Å². The zero-order chi connectivity index (χ0) is 17.8. The van der Waals surface area contributed by atoms with Crippen LogP contribution in [0.1, 0.15) is 12.5 Å². The molecule has 2 aliphatic rings. The third kappa shape index (κ3) is 4.21. The number of nitrogens with zero attached hydrogens (tertiary/aromatic N) is 2. The fourth-order valence-corrected chi connectivity index (χ4v) is 3.05. The van der Waals surface area contributed by atoms with Crippen LogP contribution in [0.3, 0.4) is 0 Å². The molecule has 25 heavy (non-hydrogen) atoms. The number of piperazine rings is 1. The van der Waals surface area contributed by atoms with Crippen molar-refractivity contribution in [1.29, 1.82) is 0 Å². The average molecular weight is 348 g/mol. The van der Waals surface area contributed by atoms with Crippen molar-refractivity contribution in [3.63, 3.8) is 0 Å². The van der Waals surface area contributed by atoms with Crippen LogP contribution in [-0.4, -0.2) is 67.8 Å². The first kappa shape index (κ1) is 17.5. The van der Waals surface area contributed by atoms with Gasteiger partial charge in [0.15, 0.2) is 11.5 Å². The number of benzene rings is 1. The molecule has 8 nitrogen and oxygen atoms in total. The number of imide groups is 1. The lowest BCUT2D eigenvalue weighted by Gasteiger charge is -2.37. The molecular formula is C17H24N4O4. The summed E-state index contributed by atoms with van der Waals surface area (Å²) in [7, 11) is 1.49. The molecule has 3 amide bonds. The van der Waals surface area contributed by atoms with Crippen LogP contribution in [0.2, 0.25) is 0 Å². The molecule has 8 heteroatoms. The van der Waals surface area contributed by atoms with Gasteiger partial charge in [0.25, 0.3) is 0 Å². The Morgan fingerprint density at radius 2 is 1.88 bits per heavy atom. The van der Waals surface area contributed by atoms with Crippen LogP contribution >= 0.6 is 0 Å². The summed E-state index contributed by atoms with van der Waals surface area (Å²) in [5.41, 5.74) is 1.18. The predicted octanol–water partition coefficient (Wildman–Crippen LogP) is 0.377. The Hall–Kier alpha value is -2.32. The second-order valence-corrected chi connectivity index (χ2v) is 6.24. The number of carbonyl (C=O) groups is 2. The summed E-state index contributed by atoms with van der Waals surface area (Å²) in [6.07, 6.45) is 0. The SMILES string of the molecule is CNC(=O)NC(=O)[C@@H](C)N1CCN(Cc2ccc3c(c2)OCO3)CC1. The first-order chi connectivity index (χ1) is 12.1.